The van der Waals surface area contributed by atoms with Crippen molar-refractivity contribution in [3.05, 3.63) is 34.7 Å². The predicted octanol–water partition coefficient (Wildman–Crippen LogP) is 3.05. The van der Waals surface area contributed by atoms with Gasteiger partial charge in [-0.15, -0.1) is 0 Å². The van der Waals surface area contributed by atoms with E-state index in [9.17, 15) is 0 Å². The Kier molecular flexibility index (Phi) is 5.48. The minimum atomic E-state index is 0.524. The van der Waals surface area contributed by atoms with Crippen LogP contribution >= 0.6 is 27.7 Å². The van der Waals surface area contributed by atoms with E-state index in [1.807, 2.05) is 47.7 Å². The van der Waals surface area contributed by atoms with Crippen LogP contribution in [0.4, 0.5) is 0 Å². The van der Waals surface area contributed by atoms with Crippen molar-refractivity contribution in [2.45, 2.75) is 37.1 Å². The van der Waals surface area contributed by atoms with Crippen LogP contribution in [0.5, 0.6) is 0 Å². The van der Waals surface area contributed by atoms with Crippen LogP contribution in [0.25, 0.3) is 5.65 Å². The van der Waals surface area contributed by atoms with E-state index in [0.29, 0.717) is 12.6 Å². The van der Waals surface area contributed by atoms with Crippen LogP contribution in [-0.4, -0.2) is 39.9 Å². The average Bonchev–Trinajstić information content (AvgIpc) is 3.16. The zero-order valence-corrected chi connectivity index (χ0v) is 15.8. The van der Waals surface area contributed by atoms with Gasteiger partial charge >= 0.3 is 0 Å². The molecule has 2 N–H and O–H groups in total. The van der Waals surface area contributed by atoms with Gasteiger partial charge in [0.15, 0.2) is 5.96 Å². The molecule has 1 saturated carbocycles. The van der Waals surface area contributed by atoms with E-state index in [1.165, 1.54) is 19.3 Å². The van der Waals surface area contributed by atoms with Gasteiger partial charge in [0.2, 0.25) is 0 Å². The van der Waals surface area contributed by atoms with Gasteiger partial charge < -0.3 is 15.0 Å². The molecule has 0 saturated heterocycles. The number of halogens is 1. The number of pyridine rings is 1. The molecule has 0 radical (unpaired) electrons. The lowest BCUT2D eigenvalue weighted by molar-refractivity contribution is 0.614. The van der Waals surface area contributed by atoms with Gasteiger partial charge in [-0.3, -0.25) is 4.99 Å². The molecule has 3 rings (SSSR count). The SMILES string of the molecule is CN=C(NCc1cn2cc(Br)ccc2n1)NC1CCC(SC)C1. The first-order valence-corrected chi connectivity index (χ1v) is 9.89. The summed E-state index contributed by atoms with van der Waals surface area (Å²) in [5.41, 5.74) is 1.95. The highest BCUT2D eigenvalue weighted by Gasteiger charge is 2.24. The van der Waals surface area contributed by atoms with Gasteiger partial charge in [-0.25, -0.2) is 4.98 Å². The molecular weight excluding hydrogens is 374 g/mol. The molecule has 2 aromatic rings. The van der Waals surface area contributed by atoms with Gasteiger partial charge in [-0.1, -0.05) is 0 Å². The fourth-order valence-electron chi connectivity index (χ4n) is 2.95. The molecule has 23 heavy (non-hydrogen) atoms. The van der Waals surface area contributed by atoms with Gasteiger partial charge in [0.1, 0.15) is 5.65 Å². The van der Waals surface area contributed by atoms with E-state index in [1.54, 1.807) is 0 Å². The first-order chi connectivity index (χ1) is 11.2. The maximum Gasteiger partial charge on any atom is 0.191 e. The number of hydrogen-bond donors (Lipinski definition) is 2. The Morgan fingerprint density at radius 2 is 2.30 bits per heavy atom. The third-order valence-corrected chi connectivity index (χ3v) is 5.75. The fraction of sp³-hybridized carbons (Fsp3) is 0.500. The molecule has 0 bridgehead atoms. The molecule has 2 aromatic heterocycles. The van der Waals surface area contributed by atoms with Crippen molar-refractivity contribution in [3.63, 3.8) is 0 Å². The predicted molar refractivity (Wildman–Crippen MR) is 101 cm³/mol. The summed E-state index contributed by atoms with van der Waals surface area (Å²) in [5.74, 6) is 0.856. The molecule has 7 heteroatoms. The van der Waals surface area contributed by atoms with Crippen molar-refractivity contribution in [1.82, 2.24) is 20.0 Å². The summed E-state index contributed by atoms with van der Waals surface area (Å²) in [7, 11) is 1.82. The summed E-state index contributed by atoms with van der Waals surface area (Å²) < 4.78 is 3.07. The number of fused-ring (bicyclic) bond motifs is 1. The Balaban J connectivity index is 1.57. The van der Waals surface area contributed by atoms with E-state index < -0.39 is 0 Å². The van der Waals surface area contributed by atoms with Crippen molar-refractivity contribution in [2.75, 3.05) is 13.3 Å². The summed E-state index contributed by atoms with van der Waals surface area (Å²) in [6, 6.07) is 4.53. The Hall–Kier alpha value is -1.21. The quantitative estimate of drug-likeness (QED) is 0.616. The Morgan fingerprint density at radius 1 is 1.43 bits per heavy atom. The lowest BCUT2D eigenvalue weighted by Crippen LogP contribution is -2.42. The van der Waals surface area contributed by atoms with Crippen LogP contribution in [0, 0.1) is 0 Å². The summed E-state index contributed by atoms with van der Waals surface area (Å²) in [6.45, 7) is 0.664. The molecule has 2 heterocycles. The molecule has 1 fully saturated rings. The topological polar surface area (TPSA) is 53.7 Å². The largest absolute Gasteiger partial charge is 0.354 e. The summed E-state index contributed by atoms with van der Waals surface area (Å²) in [6.07, 6.45) is 9.97. The van der Waals surface area contributed by atoms with Crippen LogP contribution in [0.1, 0.15) is 25.0 Å². The highest BCUT2D eigenvalue weighted by atomic mass is 79.9. The second kappa shape index (κ2) is 7.57. The van der Waals surface area contributed by atoms with Crippen molar-refractivity contribution in [2.24, 2.45) is 4.99 Å². The molecule has 5 nitrogen and oxygen atoms in total. The average molecular weight is 396 g/mol. The van der Waals surface area contributed by atoms with Gasteiger partial charge in [-0.2, -0.15) is 11.8 Å². The number of imidazole rings is 1. The van der Waals surface area contributed by atoms with Gasteiger partial charge in [-0.05, 0) is 53.6 Å². The highest BCUT2D eigenvalue weighted by Crippen LogP contribution is 2.28. The van der Waals surface area contributed by atoms with Crippen LogP contribution in [0.3, 0.4) is 0 Å². The van der Waals surface area contributed by atoms with Crippen LogP contribution in [-0.2, 0) is 6.54 Å². The molecule has 1 aliphatic carbocycles. The monoisotopic (exact) mass is 395 g/mol. The van der Waals surface area contributed by atoms with Crippen molar-refractivity contribution in [1.29, 1.82) is 0 Å². The Bertz CT molecular complexity index is 699. The lowest BCUT2D eigenvalue weighted by Gasteiger charge is -2.16. The van der Waals surface area contributed by atoms with E-state index in [2.05, 4.69) is 42.8 Å². The van der Waals surface area contributed by atoms with E-state index in [4.69, 9.17) is 0 Å². The third kappa shape index (κ3) is 4.20. The smallest absolute Gasteiger partial charge is 0.191 e. The number of rotatable bonds is 4. The third-order valence-electron chi connectivity index (χ3n) is 4.18. The normalized spacial score (nSPS) is 21.8. The number of hydrogen-bond acceptors (Lipinski definition) is 3. The van der Waals surface area contributed by atoms with Gasteiger partial charge in [0.25, 0.3) is 0 Å². The van der Waals surface area contributed by atoms with Crippen molar-refractivity contribution >= 4 is 39.3 Å². The zero-order chi connectivity index (χ0) is 16.2. The molecule has 124 valence electrons. The lowest BCUT2D eigenvalue weighted by atomic mass is 10.2. The summed E-state index contributed by atoms with van der Waals surface area (Å²) >= 11 is 5.45. The van der Waals surface area contributed by atoms with Gasteiger partial charge in [0, 0.05) is 35.2 Å². The number of aromatic nitrogens is 2. The maximum atomic E-state index is 4.61. The first-order valence-electron chi connectivity index (χ1n) is 7.81. The number of aliphatic imine (C=N–C) groups is 1. The molecule has 1 aliphatic rings. The van der Waals surface area contributed by atoms with Crippen molar-refractivity contribution in [3.8, 4) is 0 Å². The Morgan fingerprint density at radius 3 is 3.04 bits per heavy atom. The van der Waals surface area contributed by atoms with E-state index >= 15 is 0 Å². The van der Waals surface area contributed by atoms with E-state index in [-0.39, 0.29) is 0 Å². The van der Waals surface area contributed by atoms with E-state index in [0.717, 1.165) is 27.0 Å². The van der Waals surface area contributed by atoms with Crippen LogP contribution < -0.4 is 10.6 Å². The van der Waals surface area contributed by atoms with Crippen LogP contribution in [0.2, 0.25) is 0 Å². The summed E-state index contributed by atoms with van der Waals surface area (Å²) in [4.78, 5) is 8.94. The zero-order valence-electron chi connectivity index (χ0n) is 13.4. The second-order valence-electron chi connectivity index (χ2n) is 5.78. The van der Waals surface area contributed by atoms with Crippen molar-refractivity contribution < 1.29 is 0 Å². The second-order valence-corrected chi connectivity index (χ2v) is 7.84. The molecule has 0 aliphatic heterocycles. The molecule has 0 aromatic carbocycles. The number of guanidine groups is 1. The molecule has 0 amide bonds. The molecule has 0 spiro atoms. The minimum absolute atomic E-state index is 0.524. The standard InChI is InChI=1S/C16H22BrN5S/c1-18-16(21-12-4-5-14(7-12)23-2)19-8-13-10-22-9-11(17)3-6-15(22)20-13/h3,6,9-10,12,14H,4-5,7-8H2,1-2H3,(H2,18,19,21). The number of nitrogens with one attached hydrogen (secondary N) is 2. The minimum Gasteiger partial charge on any atom is -0.354 e. The van der Waals surface area contributed by atoms with Crippen LogP contribution in [0.15, 0.2) is 34.0 Å². The fourth-order valence-corrected chi connectivity index (χ4v) is 4.10. The number of nitrogens with zero attached hydrogens (tertiary/aromatic N) is 3. The molecule has 2 unspecified atom stereocenters. The Labute approximate surface area is 149 Å². The number of thioether (sulfide) groups is 1. The molecule has 2 atom stereocenters. The summed E-state index contributed by atoms with van der Waals surface area (Å²) in [5, 5.41) is 7.67. The first kappa shape index (κ1) is 16.6. The maximum absolute atomic E-state index is 4.61. The van der Waals surface area contributed by atoms with Gasteiger partial charge in [0.05, 0.1) is 12.2 Å². The highest BCUT2D eigenvalue weighted by molar-refractivity contribution is 9.10. The molecular formula is C16H22BrN5S.